The van der Waals surface area contributed by atoms with E-state index in [-0.39, 0.29) is 11.8 Å². The summed E-state index contributed by atoms with van der Waals surface area (Å²) >= 11 is 0. The SMILES string of the molecule is Cc1ccc(C(=O)Nc2cccc(NC(=O)C(C)n3cccn3)c2)c(C)c1. The van der Waals surface area contributed by atoms with Crippen LogP contribution in [0.2, 0.25) is 0 Å². The van der Waals surface area contributed by atoms with Gasteiger partial charge in [-0.2, -0.15) is 5.10 Å². The number of aryl methyl sites for hydroxylation is 2. The number of benzene rings is 2. The molecule has 1 heterocycles. The topological polar surface area (TPSA) is 76.0 Å². The first-order chi connectivity index (χ1) is 12.9. The van der Waals surface area contributed by atoms with Gasteiger partial charge in [0.25, 0.3) is 5.91 Å². The van der Waals surface area contributed by atoms with E-state index in [0.717, 1.165) is 11.1 Å². The molecular weight excluding hydrogens is 340 g/mol. The number of hydrogen-bond donors (Lipinski definition) is 2. The molecule has 1 atom stereocenters. The molecule has 138 valence electrons. The molecule has 3 aromatic rings. The number of anilines is 2. The van der Waals surface area contributed by atoms with E-state index in [1.165, 1.54) is 0 Å². The Hall–Kier alpha value is -3.41. The maximum Gasteiger partial charge on any atom is 0.255 e. The summed E-state index contributed by atoms with van der Waals surface area (Å²) in [6.45, 7) is 5.68. The Bertz CT molecular complexity index is 964. The van der Waals surface area contributed by atoms with E-state index in [1.54, 1.807) is 54.3 Å². The van der Waals surface area contributed by atoms with Gasteiger partial charge in [0.1, 0.15) is 6.04 Å². The standard InChI is InChI=1S/C21H22N4O2/c1-14-8-9-19(15(2)12-14)21(27)24-18-7-4-6-17(13-18)23-20(26)16(3)25-11-5-10-22-25/h4-13,16H,1-3H3,(H,23,26)(H,24,27). The Labute approximate surface area is 158 Å². The summed E-state index contributed by atoms with van der Waals surface area (Å²) in [7, 11) is 0. The largest absolute Gasteiger partial charge is 0.324 e. The highest BCUT2D eigenvalue weighted by Gasteiger charge is 2.15. The fourth-order valence-electron chi connectivity index (χ4n) is 2.82. The van der Waals surface area contributed by atoms with E-state index in [9.17, 15) is 9.59 Å². The van der Waals surface area contributed by atoms with Gasteiger partial charge >= 0.3 is 0 Å². The molecular formula is C21H22N4O2. The van der Waals surface area contributed by atoms with Crippen LogP contribution >= 0.6 is 0 Å². The normalized spacial score (nSPS) is 11.7. The monoisotopic (exact) mass is 362 g/mol. The molecule has 0 fully saturated rings. The highest BCUT2D eigenvalue weighted by atomic mass is 16.2. The van der Waals surface area contributed by atoms with Crippen LogP contribution in [0.15, 0.2) is 60.9 Å². The predicted molar refractivity (Wildman–Crippen MR) is 106 cm³/mol. The van der Waals surface area contributed by atoms with Crippen LogP contribution in [0.3, 0.4) is 0 Å². The highest BCUT2D eigenvalue weighted by molar-refractivity contribution is 6.05. The van der Waals surface area contributed by atoms with Gasteiger partial charge in [-0.15, -0.1) is 0 Å². The third-order valence-corrected chi connectivity index (χ3v) is 4.32. The van der Waals surface area contributed by atoms with Crippen molar-refractivity contribution in [3.63, 3.8) is 0 Å². The fraction of sp³-hybridized carbons (Fsp3) is 0.190. The molecule has 1 aromatic heterocycles. The molecule has 1 unspecified atom stereocenters. The van der Waals surface area contributed by atoms with Gasteiger partial charge in [0.2, 0.25) is 5.91 Å². The summed E-state index contributed by atoms with van der Waals surface area (Å²) in [5, 5.41) is 9.81. The van der Waals surface area contributed by atoms with Crippen LogP contribution in [0.5, 0.6) is 0 Å². The molecule has 2 aromatic carbocycles. The minimum absolute atomic E-state index is 0.180. The van der Waals surface area contributed by atoms with Gasteiger partial charge in [-0.3, -0.25) is 14.3 Å². The van der Waals surface area contributed by atoms with Crippen LogP contribution in [0.1, 0.15) is 34.5 Å². The van der Waals surface area contributed by atoms with Crippen molar-refractivity contribution in [2.24, 2.45) is 0 Å². The smallest absolute Gasteiger partial charge is 0.255 e. The second kappa shape index (κ2) is 7.86. The number of amides is 2. The van der Waals surface area contributed by atoms with Crippen LogP contribution in [0.25, 0.3) is 0 Å². The Kier molecular flexibility index (Phi) is 5.35. The number of rotatable bonds is 5. The third-order valence-electron chi connectivity index (χ3n) is 4.32. The van der Waals surface area contributed by atoms with Gasteiger partial charge in [0.15, 0.2) is 0 Å². The summed E-state index contributed by atoms with van der Waals surface area (Å²) in [4.78, 5) is 24.9. The number of carbonyl (C=O) groups excluding carboxylic acids is 2. The first-order valence-electron chi connectivity index (χ1n) is 8.72. The predicted octanol–water partition coefficient (Wildman–Crippen LogP) is 3.95. The summed E-state index contributed by atoms with van der Waals surface area (Å²) in [5.74, 6) is -0.363. The lowest BCUT2D eigenvalue weighted by Gasteiger charge is -2.14. The molecule has 2 N–H and O–H groups in total. The van der Waals surface area contributed by atoms with Crippen molar-refractivity contribution in [2.45, 2.75) is 26.8 Å². The summed E-state index contributed by atoms with van der Waals surface area (Å²) in [6, 6.07) is 14.1. The molecule has 0 saturated carbocycles. The van der Waals surface area contributed by atoms with Crippen LogP contribution in [0, 0.1) is 13.8 Å². The molecule has 0 aliphatic carbocycles. The summed E-state index contributed by atoms with van der Waals surface area (Å²) < 4.78 is 1.58. The van der Waals surface area contributed by atoms with Crippen molar-refractivity contribution >= 4 is 23.2 Å². The summed E-state index contributed by atoms with van der Waals surface area (Å²) in [5.41, 5.74) is 3.88. The van der Waals surface area contributed by atoms with Crippen LogP contribution in [-0.2, 0) is 4.79 Å². The average molecular weight is 362 g/mol. The second-order valence-corrected chi connectivity index (χ2v) is 6.50. The van der Waals surface area contributed by atoms with Crippen molar-refractivity contribution in [3.05, 3.63) is 77.6 Å². The van der Waals surface area contributed by atoms with E-state index in [4.69, 9.17) is 0 Å². The highest BCUT2D eigenvalue weighted by Crippen LogP contribution is 2.19. The Balaban J connectivity index is 1.70. The van der Waals surface area contributed by atoms with E-state index in [1.807, 2.05) is 32.0 Å². The summed E-state index contributed by atoms with van der Waals surface area (Å²) in [6.07, 6.45) is 3.37. The van der Waals surface area contributed by atoms with E-state index >= 15 is 0 Å². The second-order valence-electron chi connectivity index (χ2n) is 6.50. The first kappa shape index (κ1) is 18.4. The van der Waals surface area contributed by atoms with E-state index in [0.29, 0.717) is 16.9 Å². The van der Waals surface area contributed by atoms with Gasteiger partial charge in [0.05, 0.1) is 0 Å². The van der Waals surface area contributed by atoms with Crippen molar-refractivity contribution in [1.82, 2.24) is 9.78 Å². The van der Waals surface area contributed by atoms with Gasteiger partial charge in [-0.25, -0.2) is 0 Å². The number of nitrogens with zero attached hydrogens (tertiary/aromatic N) is 2. The first-order valence-corrected chi connectivity index (χ1v) is 8.72. The number of hydrogen-bond acceptors (Lipinski definition) is 3. The molecule has 0 aliphatic rings. The Morgan fingerprint density at radius 3 is 2.41 bits per heavy atom. The quantitative estimate of drug-likeness (QED) is 0.721. The maximum absolute atomic E-state index is 12.5. The molecule has 6 heteroatoms. The zero-order valence-electron chi connectivity index (χ0n) is 15.6. The van der Waals surface area contributed by atoms with E-state index < -0.39 is 6.04 Å². The van der Waals surface area contributed by atoms with Crippen molar-refractivity contribution in [1.29, 1.82) is 0 Å². The van der Waals surface area contributed by atoms with Crippen LogP contribution < -0.4 is 10.6 Å². The van der Waals surface area contributed by atoms with Crippen molar-refractivity contribution in [2.75, 3.05) is 10.6 Å². The van der Waals surface area contributed by atoms with Crippen molar-refractivity contribution in [3.8, 4) is 0 Å². The molecule has 3 rings (SSSR count). The van der Waals surface area contributed by atoms with Gasteiger partial charge in [-0.1, -0.05) is 23.8 Å². The number of nitrogens with one attached hydrogen (secondary N) is 2. The molecule has 0 spiro atoms. The molecule has 2 amide bonds. The lowest BCUT2D eigenvalue weighted by atomic mass is 10.1. The van der Waals surface area contributed by atoms with E-state index in [2.05, 4.69) is 15.7 Å². The molecule has 0 aliphatic heterocycles. The Morgan fingerprint density at radius 2 is 1.74 bits per heavy atom. The molecule has 0 radical (unpaired) electrons. The number of aromatic nitrogens is 2. The van der Waals surface area contributed by atoms with Crippen LogP contribution in [-0.4, -0.2) is 21.6 Å². The van der Waals surface area contributed by atoms with Gasteiger partial charge < -0.3 is 10.6 Å². The minimum atomic E-state index is -0.437. The van der Waals surface area contributed by atoms with Gasteiger partial charge in [0, 0.05) is 29.3 Å². The van der Waals surface area contributed by atoms with Crippen LogP contribution in [0.4, 0.5) is 11.4 Å². The molecule has 6 nitrogen and oxygen atoms in total. The zero-order valence-corrected chi connectivity index (χ0v) is 15.6. The molecule has 0 saturated heterocycles. The minimum Gasteiger partial charge on any atom is -0.324 e. The average Bonchev–Trinajstić information content (AvgIpc) is 3.15. The fourth-order valence-corrected chi connectivity index (χ4v) is 2.82. The lowest BCUT2D eigenvalue weighted by Crippen LogP contribution is -2.24. The Morgan fingerprint density at radius 1 is 1.00 bits per heavy atom. The van der Waals surface area contributed by atoms with Crippen molar-refractivity contribution < 1.29 is 9.59 Å². The molecule has 27 heavy (non-hydrogen) atoms. The number of carbonyl (C=O) groups is 2. The molecule has 0 bridgehead atoms. The van der Waals surface area contributed by atoms with Gasteiger partial charge in [-0.05, 0) is 56.7 Å². The third kappa shape index (κ3) is 4.41. The zero-order chi connectivity index (χ0) is 19.4. The maximum atomic E-state index is 12.5. The lowest BCUT2D eigenvalue weighted by molar-refractivity contribution is -0.119.